The van der Waals surface area contributed by atoms with E-state index in [2.05, 4.69) is 4.84 Å². The van der Waals surface area contributed by atoms with Crippen molar-refractivity contribution in [1.82, 2.24) is 0 Å². The molecule has 0 unspecified atom stereocenters. The van der Waals surface area contributed by atoms with Gasteiger partial charge in [-0.2, -0.15) is 0 Å². The van der Waals surface area contributed by atoms with Crippen LogP contribution in [-0.4, -0.2) is 23.4 Å². The molecule has 0 aromatic carbocycles. The molecule has 0 fully saturated rings. The van der Waals surface area contributed by atoms with Crippen LogP contribution in [0.25, 0.3) is 0 Å². The molecule has 0 amide bonds. The van der Waals surface area contributed by atoms with Gasteiger partial charge in [0, 0.05) is 17.1 Å². The quantitative estimate of drug-likeness (QED) is 0.334. The zero-order valence-electron chi connectivity index (χ0n) is 3.91. The minimum atomic E-state index is -0.948. The van der Waals surface area contributed by atoms with Gasteiger partial charge in [0.25, 0.3) is 5.09 Å². The van der Waals surface area contributed by atoms with Gasteiger partial charge in [-0.25, -0.2) is 0 Å². The SMILES string of the molecule is O=[N+]([O-])OCCO.[Mn]. The van der Waals surface area contributed by atoms with Crippen LogP contribution in [0.2, 0.25) is 0 Å². The molecule has 0 aromatic rings. The van der Waals surface area contributed by atoms with Crippen LogP contribution < -0.4 is 0 Å². The van der Waals surface area contributed by atoms with Gasteiger partial charge in [-0.1, -0.05) is 0 Å². The van der Waals surface area contributed by atoms with Crippen molar-refractivity contribution in [1.29, 1.82) is 0 Å². The van der Waals surface area contributed by atoms with Crippen molar-refractivity contribution >= 4 is 0 Å². The predicted molar refractivity (Wildman–Crippen MR) is 20.0 cm³/mol. The molecule has 0 bridgehead atoms. The molecule has 8 heavy (non-hydrogen) atoms. The summed E-state index contributed by atoms with van der Waals surface area (Å²) in [5, 5.41) is 16.2. The molecule has 5 nitrogen and oxygen atoms in total. The topological polar surface area (TPSA) is 72.6 Å². The molecule has 1 N–H and O–H groups in total. The molecule has 0 heterocycles. The first-order valence-electron chi connectivity index (χ1n) is 1.65. The van der Waals surface area contributed by atoms with Gasteiger partial charge < -0.3 is 9.94 Å². The van der Waals surface area contributed by atoms with Crippen molar-refractivity contribution in [3.05, 3.63) is 10.1 Å². The van der Waals surface area contributed by atoms with E-state index in [0.717, 1.165) is 0 Å². The fraction of sp³-hybridized carbons (Fsp3) is 1.00. The third kappa shape index (κ3) is 9.19. The summed E-state index contributed by atoms with van der Waals surface area (Å²) in [7, 11) is 0. The van der Waals surface area contributed by atoms with E-state index in [4.69, 9.17) is 5.11 Å². The first-order valence-corrected chi connectivity index (χ1v) is 1.65. The molecule has 6 heteroatoms. The summed E-state index contributed by atoms with van der Waals surface area (Å²) < 4.78 is 0. The largest absolute Gasteiger partial charge is 0.394 e. The summed E-state index contributed by atoms with van der Waals surface area (Å²) >= 11 is 0. The standard InChI is InChI=1S/C2H5NO4.Mn/c4-1-2-7-3(5)6;/h4H,1-2H2;. The van der Waals surface area contributed by atoms with Gasteiger partial charge in [0.2, 0.25) is 0 Å². The van der Waals surface area contributed by atoms with Crippen LogP contribution >= 0.6 is 0 Å². The monoisotopic (exact) mass is 162 g/mol. The molecule has 0 aliphatic heterocycles. The van der Waals surface area contributed by atoms with Gasteiger partial charge in [0.1, 0.15) is 6.61 Å². The molecule has 1 radical (unpaired) electrons. The molecule has 0 saturated heterocycles. The van der Waals surface area contributed by atoms with Crippen molar-refractivity contribution in [2.75, 3.05) is 13.2 Å². The number of rotatable bonds is 3. The summed E-state index contributed by atoms with van der Waals surface area (Å²) in [5.41, 5.74) is 0. The van der Waals surface area contributed by atoms with Crippen LogP contribution in [0.3, 0.4) is 0 Å². The number of hydrogen-bond donors (Lipinski definition) is 1. The van der Waals surface area contributed by atoms with E-state index < -0.39 is 5.09 Å². The minimum Gasteiger partial charge on any atom is -0.394 e. The Morgan fingerprint density at radius 3 is 2.38 bits per heavy atom. The van der Waals surface area contributed by atoms with Crippen LogP contribution in [0, 0.1) is 10.1 Å². The Morgan fingerprint density at radius 2 is 2.25 bits per heavy atom. The Kier molecular flexibility index (Phi) is 8.87. The summed E-state index contributed by atoms with van der Waals surface area (Å²) in [6.45, 7) is -0.562. The maximum absolute atomic E-state index is 9.23. The van der Waals surface area contributed by atoms with Crippen LogP contribution in [0.15, 0.2) is 0 Å². The summed E-state index contributed by atoms with van der Waals surface area (Å²) in [4.78, 5) is 12.9. The van der Waals surface area contributed by atoms with Crippen molar-refractivity contribution in [2.24, 2.45) is 0 Å². The smallest absolute Gasteiger partial charge is 0.294 e. The predicted octanol–water partition coefficient (Wildman–Crippen LogP) is -0.816. The Bertz CT molecular complexity index is 67.1. The first-order chi connectivity index (χ1) is 3.27. The zero-order valence-corrected chi connectivity index (χ0v) is 5.09. The van der Waals surface area contributed by atoms with Gasteiger partial charge in [-0.05, 0) is 0 Å². The molecule has 0 rings (SSSR count). The van der Waals surface area contributed by atoms with Crippen molar-refractivity contribution in [3.8, 4) is 0 Å². The number of aliphatic hydroxyl groups excluding tert-OH is 1. The van der Waals surface area contributed by atoms with Gasteiger partial charge in [-0.3, -0.25) is 0 Å². The number of hydrogen-bond acceptors (Lipinski definition) is 4. The third-order valence-corrected chi connectivity index (χ3v) is 0.288. The van der Waals surface area contributed by atoms with E-state index in [1.54, 1.807) is 0 Å². The molecule has 0 atom stereocenters. The van der Waals surface area contributed by atoms with Crippen LogP contribution in [0.5, 0.6) is 0 Å². The van der Waals surface area contributed by atoms with Gasteiger partial charge in [-0.15, -0.1) is 10.1 Å². The zero-order chi connectivity index (χ0) is 5.70. The second kappa shape index (κ2) is 6.68. The summed E-state index contributed by atoms with van der Waals surface area (Å²) in [6.07, 6.45) is 0. The number of aliphatic hydroxyl groups is 1. The van der Waals surface area contributed by atoms with E-state index in [0.29, 0.717) is 0 Å². The second-order valence-corrected chi connectivity index (χ2v) is 0.780. The first kappa shape index (κ1) is 10.6. The molecule has 0 aliphatic carbocycles. The average Bonchev–Trinajstić information content (AvgIpc) is 1.61. The van der Waals surface area contributed by atoms with Crippen LogP contribution in [0.4, 0.5) is 0 Å². The van der Waals surface area contributed by atoms with Crippen LogP contribution in [-0.2, 0) is 21.9 Å². The van der Waals surface area contributed by atoms with E-state index >= 15 is 0 Å². The molecule has 0 aliphatic rings. The fourth-order valence-corrected chi connectivity index (χ4v) is 0.115. The van der Waals surface area contributed by atoms with Gasteiger partial charge >= 0.3 is 0 Å². The number of nitrogens with zero attached hydrogens (tertiary/aromatic N) is 1. The Hall–Kier alpha value is -0.321. The Morgan fingerprint density at radius 1 is 1.75 bits per heavy atom. The fourth-order valence-electron chi connectivity index (χ4n) is 0.115. The van der Waals surface area contributed by atoms with Crippen molar-refractivity contribution in [3.63, 3.8) is 0 Å². The molecule has 0 aromatic heterocycles. The Balaban J connectivity index is 0. The molecule has 0 saturated carbocycles. The van der Waals surface area contributed by atoms with E-state index in [-0.39, 0.29) is 30.3 Å². The Labute approximate surface area is 56.2 Å². The molecule has 0 spiro atoms. The molecule has 49 valence electrons. The van der Waals surface area contributed by atoms with Crippen LogP contribution in [0.1, 0.15) is 0 Å². The normalized spacial score (nSPS) is 7.12. The van der Waals surface area contributed by atoms with Crippen molar-refractivity contribution < 1.29 is 32.1 Å². The van der Waals surface area contributed by atoms with E-state index in [1.165, 1.54) is 0 Å². The third-order valence-electron chi connectivity index (χ3n) is 0.288. The summed E-state index contributed by atoms with van der Waals surface area (Å²) in [6, 6.07) is 0. The van der Waals surface area contributed by atoms with E-state index in [1.807, 2.05) is 0 Å². The maximum atomic E-state index is 9.23. The van der Waals surface area contributed by atoms with Gasteiger partial charge in [0.15, 0.2) is 0 Å². The second-order valence-electron chi connectivity index (χ2n) is 0.780. The van der Waals surface area contributed by atoms with Crippen molar-refractivity contribution in [2.45, 2.75) is 0 Å². The molecular formula is C2H5MnNO4. The molecular weight excluding hydrogens is 157 g/mol. The summed E-state index contributed by atoms with van der Waals surface area (Å²) in [5.74, 6) is 0. The maximum Gasteiger partial charge on any atom is 0.294 e. The minimum absolute atomic E-state index is 0. The van der Waals surface area contributed by atoms with E-state index in [9.17, 15) is 10.1 Å². The average molecular weight is 162 g/mol. The van der Waals surface area contributed by atoms with Gasteiger partial charge in [0.05, 0.1) is 6.61 Å².